The molecule has 0 saturated heterocycles. The van der Waals surface area contributed by atoms with E-state index in [2.05, 4.69) is 9.97 Å². The van der Waals surface area contributed by atoms with Gasteiger partial charge in [0.05, 0.1) is 24.1 Å². The van der Waals surface area contributed by atoms with Crippen LogP contribution in [0.4, 0.5) is 13.2 Å². The van der Waals surface area contributed by atoms with Crippen molar-refractivity contribution in [2.75, 3.05) is 6.54 Å². The first-order chi connectivity index (χ1) is 16.7. The van der Waals surface area contributed by atoms with Gasteiger partial charge in [-0.1, -0.05) is 17.4 Å². The van der Waals surface area contributed by atoms with Crippen LogP contribution >= 0.6 is 11.3 Å². The van der Waals surface area contributed by atoms with Crippen molar-refractivity contribution < 1.29 is 22.7 Å². The molecule has 0 fully saturated rings. The first-order valence-corrected chi connectivity index (χ1v) is 11.3. The molecule has 1 aliphatic heterocycles. The molecule has 8 nitrogen and oxygen atoms in total. The molecule has 3 aromatic heterocycles. The van der Waals surface area contributed by atoms with Crippen molar-refractivity contribution in [1.29, 1.82) is 0 Å². The van der Waals surface area contributed by atoms with E-state index < -0.39 is 11.7 Å². The Labute approximate surface area is 200 Å². The number of hydrogen-bond acceptors (Lipinski definition) is 6. The van der Waals surface area contributed by atoms with Crippen molar-refractivity contribution in [3.8, 4) is 16.6 Å². The van der Waals surface area contributed by atoms with Crippen LogP contribution in [0.15, 0.2) is 59.9 Å². The number of pyridine rings is 1. The molecule has 0 N–H and O–H groups in total. The normalized spacial score (nSPS) is 13.7. The van der Waals surface area contributed by atoms with E-state index in [1.807, 2.05) is 6.92 Å². The van der Waals surface area contributed by atoms with Crippen molar-refractivity contribution in [3.05, 3.63) is 87.3 Å². The molecular formula is C23H18F3N5O3S. The maximum absolute atomic E-state index is 13.0. The standard InChI is InChI=1S/C23H18F3N5O3S/c1-14-11-30(13-28-14)18-5-6-19-20(32)29(7-8-31(19)21(18)33)12-17-10-27-22(35-17)34-16-4-2-3-15(9-16)23(24,25)26/h2-6,9-11,13H,7-8,12H2,1H3. The van der Waals surface area contributed by atoms with E-state index in [4.69, 9.17) is 4.74 Å². The third-order valence-electron chi connectivity index (χ3n) is 5.49. The van der Waals surface area contributed by atoms with Gasteiger partial charge < -0.3 is 18.8 Å². The molecule has 0 bridgehead atoms. The van der Waals surface area contributed by atoms with Crippen molar-refractivity contribution >= 4 is 17.2 Å². The molecule has 0 atom stereocenters. The van der Waals surface area contributed by atoms with Gasteiger partial charge in [0, 0.05) is 30.4 Å². The number of thiazole rings is 1. The minimum absolute atomic E-state index is 0.0203. The fourth-order valence-electron chi connectivity index (χ4n) is 3.79. The Kier molecular flexibility index (Phi) is 5.67. The predicted molar refractivity (Wildman–Crippen MR) is 121 cm³/mol. The zero-order chi connectivity index (χ0) is 24.7. The predicted octanol–water partition coefficient (Wildman–Crippen LogP) is 4.27. The Morgan fingerprint density at radius 3 is 2.69 bits per heavy atom. The number of aromatic nitrogens is 4. The Bertz CT molecular complexity index is 1470. The summed E-state index contributed by atoms with van der Waals surface area (Å²) in [6, 6.07) is 7.77. The summed E-state index contributed by atoms with van der Waals surface area (Å²) in [4.78, 5) is 36.5. The lowest BCUT2D eigenvalue weighted by Gasteiger charge is -2.29. The van der Waals surface area contributed by atoms with Crippen molar-refractivity contribution in [2.45, 2.75) is 26.2 Å². The van der Waals surface area contributed by atoms with E-state index >= 15 is 0 Å². The molecule has 0 aliphatic carbocycles. The fourth-order valence-corrected chi connectivity index (χ4v) is 4.59. The van der Waals surface area contributed by atoms with E-state index in [1.165, 1.54) is 22.9 Å². The van der Waals surface area contributed by atoms with Crippen molar-refractivity contribution in [3.63, 3.8) is 0 Å². The van der Waals surface area contributed by atoms with Gasteiger partial charge in [-0.15, -0.1) is 0 Å². The van der Waals surface area contributed by atoms with E-state index in [-0.39, 0.29) is 34.6 Å². The second-order valence-electron chi connectivity index (χ2n) is 7.93. The highest BCUT2D eigenvalue weighted by Crippen LogP contribution is 2.34. The third kappa shape index (κ3) is 4.56. The molecule has 0 radical (unpaired) electrons. The number of amides is 1. The van der Waals surface area contributed by atoms with Gasteiger partial charge in [-0.05, 0) is 37.3 Å². The van der Waals surface area contributed by atoms with Crippen LogP contribution in [0.5, 0.6) is 10.9 Å². The molecule has 1 aromatic carbocycles. The van der Waals surface area contributed by atoms with Gasteiger partial charge in [0.1, 0.15) is 17.1 Å². The van der Waals surface area contributed by atoms with Crippen molar-refractivity contribution in [1.82, 2.24) is 24.0 Å². The average molecular weight is 501 g/mol. The van der Waals surface area contributed by atoms with Crippen LogP contribution in [0.25, 0.3) is 5.69 Å². The zero-order valence-corrected chi connectivity index (χ0v) is 19.1. The summed E-state index contributed by atoms with van der Waals surface area (Å²) in [5.74, 6) is -0.276. The maximum Gasteiger partial charge on any atom is 0.416 e. The number of carbonyl (C=O) groups is 1. The van der Waals surface area contributed by atoms with Crippen LogP contribution in [0, 0.1) is 6.92 Å². The average Bonchev–Trinajstić information content (AvgIpc) is 3.44. The van der Waals surface area contributed by atoms with Crippen molar-refractivity contribution in [2.24, 2.45) is 0 Å². The Balaban J connectivity index is 1.30. The highest BCUT2D eigenvalue weighted by atomic mass is 32.1. The number of halogens is 3. The van der Waals surface area contributed by atoms with Crippen LogP contribution in [0.1, 0.15) is 26.6 Å². The number of fused-ring (bicyclic) bond motifs is 1. The molecular weight excluding hydrogens is 483 g/mol. The number of hydrogen-bond donors (Lipinski definition) is 0. The van der Waals surface area contributed by atoms with Gasteiger partial charge in [-0.2, -0.15) is 13.2 Å². The summed E-state index contributed by atoms with van der Waals surface area (Å²) in [5, 5.41) is 0.167. The first kappa shape index (κ1) is 22.8. The third-order valence-corrected chi connectivity index (χ3v) is 6.35. The Morgan fingerprint density at radius 1 is 1.11 bits per heavy atom. The number of ether oxygens (including phenoxy) is 1. The van der Waals surface area contributed by atoms with Gasteiger partial charge in [-0.25, -0.2) is 9.97 Å². The summed E-state index contributed by atoms with van der Waals surface area (Å²) in [6.07, 6.45) is 0.341. The van der Waals surface area contributed by atoms with Crippen LogP contribution in [-0.2, 0) is 19.3 Å². The van der Waals surface area contributed by atoms with E-state index in [9.17, 15) is 22.8 Å². The lowest BCUT2D eigenvalue weighted by atomic mass is 10.2. The van der Waals surface area contributed by atoms with E-state index in [0.717, 1.165) is 29.2 Å². The largest absolute Gasteiger partial charge is 0.431 e. The SMILES string of the molecule is Cc1cn(-c2ccc3n(c2=O)CCN(Cc2cnc(Oc4cccc(C(F)(F)F)c4)s2)C3=O)cn1. The summed E-state index contributed by atoms with van der Waals surface area (Å²) in [7, 11) is 0. The highest BCUT2D eigenvalue weighted by Gasteiger charge is 2.31. The number of benzene rings is 1. The van der Waals surface area contributed by atoms with E-state index in [0.29, 0.717) is 23.7 Å². The summed E-state index contributed by atoms with van der Waals surface area (Å²) < 4.78 is 47.3. The smallest absolute Gasteiger partial charge is 0.416 e. The molecule has 5 rings (SSSR count). The van der Waals surface area contributed by atoms with Gasteiger partial charge in [0.25, 0.3) is 16.7 Å². The molecule has 1 aliphatic rings. The zero-order valence-electron chi connectivity index (χ0n) is 18.3. The molecule has 0 spiro atoms. The molecule has 0 saturated carbocycles. The minimum atomic E-state index is -4.47. The van der Waals surface area contributed by atoms with Gasteiger partial charge in [0.2, 0.25) is 0 Å². The lowest BCUT2D eigenvalue weighted by Crippen LogP contribution is -2.44. The molecule has 180 valence electrons. The Morgan fingerprint density at radius 2 is 1.94 bits per heavy atom. The summed E-state index contributed by atoms with van der Waals surface area (Å²) in [5.41, 5.74) is 0.380. The highest BCUT2D eigenvalue weighted by molar-refractivity contribution is 7.13. The molecule has 4 heterocycles. The van der Waals surface area contributed by atoms with Crippen LogP contribution in [0.3, 0.4) is 0 Å². The molecule has 0 unspecified atom stereocenters. The minimum Gasteiger partial charge on any atom is -0.431 e. The Hall–Kier alpha value is -3.93. The topological polar surface area (TPSA) is 82.3 Å². The van der Waals surface area contributed by atoms with Crippen LogP contribution in [-0.4, -0.2) is 36.5 Å². The first-order valence-electron chi connectivity index (χ1n) is 10.5. The molecule has 12 heteroatoms. The van der Waals surface area contributed by atoms with Gasteiger partial charge in [0.15, 0.2) is 0 Å². The molecule has 1 amide bonds. The second kappa shape index (κ2) is 8.69. The van der Waals surface area contributed by atoms with Crippen LogP contribution < -0.4 is 10.3 Å². The van der Waals surface area contributed by atoms with Gasteiger partial charge in [-0.3, -0.25) is 9.59 Å². The number of nitrogens with zero attached hydrogens (tertiary/aromatic N) is 5. The monoisotopic (exact) mass is 501 g/mol. The second-order valence-corrected chi connectivity index (χ2v) is 9.01. The number of carbonyl (C=O) groups excluding carboxylic acids is 1. The van der Waals surface area contributed by atoms with E-state index in [1.54, 1.807) is 34.1 Å². The molecule has 4 aromatic rings. The number of rotatable bonds is 5. The lowest BCUT2D eigenvalue weighted by molar-refractivity contribution is -0.137. The quantitative estimate of drug-likeness (QED) is 0.408. The number of imidazole rings is 1. The van der Waals surface area contributed by atoms with Gasteiger partial charge >= 0.3 is 6.18 Å². The summed E-state index contributed by atoms with van der Waals surface area (Å²) >= 11 is 1.14. The fraction of sp³-hybridized carbons (Fsp3) is 0.217. The number of alkyl halides is 3. The summed E-state index contributed by atoms with van der Waals surface area (Å²) in [6.45, 7) is 2.70. The maximum atomic E-state index is 13.0. The molecule has 35 heavy (non-hydrogen) atoms. The number of aryl methyl sites for hydroxylation is 1. The van der Waals surface area contributed by atoms with Crippen LogP contribution in [0.2, 0.25) is 0 Å².